The smallest absolute Gasteiger partial charge is 0.0728 e. The monoisotopic (exact) mass is 251 g/mol. The quantitative estimate of drug-likeness (QED) is 0.742. The Morgan fingerprint density at radius 2 is 2.17 bits per heavy atom. The molecule has 4 heteroatoms. The molecule has 1 aromatic heterocycles. The summed E-state index contributed by atoms with van der Waals surface area (Å²) in [5, 5.41) is 3.49. The summed E-state index contributed by atoms with van der Waals surface area (Å²) in [6, 6.07) is 2.13. The van der Waals surface area contributed by atoms with Crippen molar-refractivity contribution in [2.45, 2.75) is 45.8 Å². The fourth-order valence-corrected chi connectivity index (χ4v) is 2.18. The van der Waals surface area contributed by atoms with Gasteiger partial charge in [-0.2, -0.15) is 0 Å². The molecule has 1 aromatic rings. The fraction of sp³-hybridized carbons (Fsp3) is 0.643. The van der Waals surface area contributed by atoms with Crippen molar-refractivity contribution in [3.63, 3.8) is 0 Å². The van der Waals surface area contributed by atoms with E-state index in [-0.39, 0.29) is 12.1 Å². The average Bonchev–Trinajstić information content (AvgIpc) is 2.38. The lowest BCUT2D eigenvalue weighted by molar-refractivity contribution is 0.0324. The highest BCUT2D eigenvalue weighted by atomic mass is 16.5. The number of pyridine rings is 1. The highest BCUT2D eigenvalue weighted by Gasteiger charge is 2.20. The zero-order valence-corrected chi connectivity index (χ0v) is 11.6. The normalized spacial score (nSPS) is 14.4. The average molecular weight is 251 g/mol. The maximum atomic E-state index is 5.97. The van der Waals surface area contributed by atoms with Crippen molar-refractivity contribution < 1.29 is 4.74 Å². The van der Waals surface area contributed by atoms with Crippen molar-refractivity contribution >= 4 is 5.69 Å². The summed E-state index contributed by atoms with van der Waals surface area (Å²) in [6.07, 6.45) is 5.63. The van der Waals surface area contributed by atoms with Crippen LogP contribution < -0.4 is 11.1 Å². The van der Waals surface area contributed by atoms with Gasteiger partial charge in [-0.15, -0.1) is 0 Å². The number of aromatic nitrogens is 1. The molecule has 0 amide bonds. The zero-order chi connectivity index (χ0) is 13.4. The third-order valence-corrected chi connectivity index (χ3v) is 3.08. The molecule has 1 heterocycles. The van der Waals surface area contributed by atoms with E-state index in [1.807, 2.05) is 19.2 Å². The van der Waals surface area contributed by atoms with Gasteiger partial charge in [0.1, 0.15) is 0 Å². The highest BCUT2D eigenvalue weighted by molar-refractivity contribution is 5.44. The van der Waals surface area contributed by atoms with Crippen LogP contribution in [0, 0.1) is 0 Å². The zero-order valence-electron chi connectivity index (χ0n) is 11.6. The molecular formula is C14H25N3O. The Morgan fingerprint density at radius 3 is 2.72 bits per heavy atom. The van der Waals surface area contributed by atoms with Gasteiger partial charge in [-0.3, -0.25) is 4.98 Å². The molecule has 0 spiro atoms. The van der Waals surface area contributed by atoms with Crippen LogP contribution in [0.25, 0.3) is 0 Å². The summed E-state index contributed by atoms with van der Waals surface area (Å²) in [5.41, 5.74) is 7.86. The third kappa shape index (κ3) is 4.27. The Kier molecular flexibility index (Phi) is 6.68. The standard InChI is InChI=1S/C14H25N3O/c1-4-14(18-6-3)13(17-5-2)9-11-10-16-8-7-12(11)15/h7-8,10,13-14,17H,4-6,9H2,1-3H3,(H2,15,16). The molecule has 0 aliphatic rings. The number of nitrogens with zero attached hydrogens (tertiary/aromatic N) is 1. The predicted octanol–water partition coefficient (Wildman–Crippen LogP) is 2.00. The van der Waals surface area contributed by atoms with Crippen LogP contribution in [0.4, 0.5) is 5.69 Å². The minimum atomic E-state index is 0.217. The lowest BCUT2D eigenvalue weighted by Gasteiger charge is -2.27. The van der Waals surface area contributed by atoms with E-state index in [0.29, 0.717) is 0 Å². The van der Waals surface area contributed by atoms with E-state index in [1.165, 1.54) is 0 Å². The minimum absolute atomic E-state index is 0.217. The molecule has 18 heavy (non-hydrogen) atoms. The van der Waals surface area contributed by atoms with E-state index in [9.17, 15) is 0 Å². The number of likely N-dealkylation sites (N-methyl/N-ethyl adjacent to an activating group) is 1. The first-order valence-electron chi connectivity index (χ1n) is 6.76. The highest BCUT2D eigenvalue weighted by Crippen LogP contribution is 2.15. The molecule has 0 aromatic carbocycles. The van der Waals surface area contributed by atoms with Crippen LogP contribution in [-0.4, -0.2) is 30.3 Å². The molecule has 2 atom stereocenters. The molecule has 0 saturated heterocycles. The van der Waals surface area contributed by atoms with E-state index in [4.69, 9.17) is 10.5 Å². The van der Waals surface area contributed by atoms with E-state index < -0.39 is 0 Å². The number of hydrogen-bond donors (Lipinski definition) is 2. The molecule has 0 aliphatic carbocycles. The van der Waals surface area contributed by atoms with Crippen LogP contribution in [0.3, 0.4) is 0 Å². The van der Waals surface area contributed by atoms with Crippen molar-refractivity contribution in [1.82, 2.24) is 10.3 Å². The Balaban J connectivity index is 2.75. The minimum Gasteiger partial charge on any atom is -0.398 e. The summed E-state index contributed by atoms with van der Waals surface area (Å²) >= 11 is 0. The Bertz CT molecular complexity index is 344. The van der Waals surface area contributed by atoms with Gasteiger partial charge in [0.05, 0.1) is 6.10 Å². The summed E-state index contributed by atoms with van der Waals surface area (Å²) in [6.45, 7) is 7.96. The fourth-order valence-electron chi connectivity index (χ4n) is 2.18. The van der Waals surface area contributed by atoms with Crippen molar-refractivity contribution in [2.75, 3.05) is 18.9 Å². The van der Waals surface area contributed by atoms with Gasteiger partial charge in [0.15, 0.2) is 0 Å². The SMILES string of the molecule is CCNC(Cc1cnccc1N)C(CC)OCC. The number of ether oxygens (including phenoxy) is 1. The van der Waals surface area contributed by atoms with Gasteiger partial charge in [0, 0.05) is 30.7 Å². The van der Waals surface area contributed by atoms with Gasteiger partial charge in [-0.1, -0.05) is 13.8 Å². The molecule has 4 nitrogen and oxygen atoms in total. The number of anilines is 1. The van der Waals surface area contributed by atoms with Crippen LogP contribution in [0.5, 0.6) is 0 Å². The first-order chi connectivity index (χ1) is 8.72. The summed E-state index contributed by atoms with van der Waals surface area (Å²) in [4.78, 5) is 4.14. The van der Waals surface area contributed by atoms with E-state index in [1.54, 1.807) is 6.20 Å². The van der Waals surface area contributed by atoms with E-state index in [0.717, 1.165) is 37.2 Å². The second kappa shape index (κ2) is 8.06. The van der Waals surface area contributed by atoms with Crippen LogP contribution in [0.2, 0.25) is 0 Å². The van der Waals surface area contributed by atoms with Gasteiger partial charge < -0.3 is 15.8 Å². The predicted molar refractivity (Wildman–Crippen MR) is 75.5 cm³/mol. The molecule has 0 saturated carbocycles. The van der Waals surface area contributed by atoms with Crippen LogP contribution in [0.15, 0.2) is 18.5 Å². The second-order valence-electron chi connectivity index (χ2n) is 4.34. The molecule has 0 radical (unpaired) electrons. The number of nitrogen functional groups attached to an aromatic ring is 1. The van der Waals surface area contributed by atoms with Gasteiger partial charge >= 0.3 is 0 Å². The van der Waals surface area contributed by atoms with Gasteiger partial charge in [-0.25, -0.2) is 0 Å². The molecule has 2 unspecified atom stereocenters. The number of rotatable bonds is 8. The Hall–Kier alpha value is -1.13. The molecule has 0 fully saturated rings. The Morgan fingerprint density at radius 1 is 1.39 bits per heavy atom. The van der Waals surface area contributed by atoms with Gasteiger partial charge in [0.2, 0.25) is 0 Å². The summed E-state index contributed by atoms with van der Waals surface area (Å²) in [5.74, 6) is 0. The van der Waals surface area contributed by atoms with Crippen LogP contribution >= 0.6 is 0 Å². The van der Waals surface area contributed by atoms with Crippen molar-refractivity contribution in [1.29, 1.82) is 0 Å². The van der Waals surface area contributed by atoms with Gasteiger partial charge in [0.25, 0.3) is 0 Å². The van der Waals surface area contributed by atoms with Gasteiger partial charge in [-0.05, 0) is 37.9 Å². The third-order valence-electron chi connectivity index (χ3n) is 3.08. The first-order valence-corrected chi connectivity index (χ1v) is 6.76. The lowest BCUT2D eigenvalue weighted by Crippen LogP contribution is -2.43. The van der Waals surface area contributed by atoms with E-state index in [2.05, 4.69) is 24.1 Å². The maximum Gasteiger partial charge on any atom is 0.0728 e. The van der Waals surface area contributed by atoms with Crippen molar-refractivity contribution in [3.05, 3.63) is 24.0 Å². The summed E-state index contributed by atoms with van der Waals surface area (Å²) in [7, 11) is 0. The summed E-state index contributed by atoms with van der Waals surface area (Å²) < 4.78 is 5.79. The largest absolute Gasteiger partial charge is 0.398 e. The molecular weight excluding hydrogens is 226 g/mol. The first kappa shape index (κ1) is 14.9. The molecule has 0 bridgehead atoms. The van der Waals surface area contributed by atoms with Crippen molar-refractivity contribution in [2.24, 2.45) is 0 Å². The molecule has 3 N–H and O–H groups in total. The lowest BCUT2D eigenvalue weighted by atomic mass is 9.99. The maximum absolute atomic E-state index is 5.97. The molecule has 0 aliphatic heterocycles. The van der Waals surface area contributed by atoms with Crippen LogP contribution in [-0.2, 0) is 11.2 Å². The van der Waals surface area contributed by atoms with Crippen LogP contribution in [0.1, 0.15) is 32.8 Å². The Labute approximate surface area is 110 Å². The number of nitrogens with one attached hydrogen (secondary N) is 1. The second-order valence-corrected chi connectivity index (χ2v) is 4.34. The topological polar surface area (TPSA) is 60.2 Å². The molecule has 1 rings (SSSR count). The van der Waals surface area contributed by atoms with Crippen molar-refractivity contribution in [3.8, 4) is 0 Å². The molecule has 102 valence electrons. The number of hydrogen-bond acceptors (Lipinski definition) is 4. The number of nitrogens with two attached hydrogens (primary N) is 1. The van der Waals surface area contributed by atoms with E-state index >= 15 is 0 Å².